The second-order valence-corrected chi connectivity index (χ2v) is 8.43. The third-order valence-corrected chi connectivity index (χ3v) is 5.88. The largest absolute Gasteiger partial charge is 0.454 e. The van der Waals surface area contributed by atoms with Crippen LogP contribution >= 0.6 is 11.8 Å². The van der Waals surface area contributed by atoms with E-state index in [9.17, 15) is 4.79 Å². The molecule has 2 aromatic carbocycles. The smallest absolute Gasteiger partial charge is 0.234 e. The molecule has 8 heteroatoms. The van der Waals surface area contributed by atoms with Crippen molar-refractivity contribution in [3.8, 4) is 11.5 Å². The van der Waals surface area contributed by atoms with Crippen molar-refractivity contribution in [3.05, 3.63) is 65.7 Å². The Morgan fingerprint density at radius 2 is 1.81 bits per heavy atom. The lowest BCUT2D eigenvalue weighted by atomic mass is 10.1. The topological polar surface area (TPSA) is 85.4 Å². The van der Waals surface area contributed by atoms with Crippen LogP contribution in [0.4, 0.5) is 11.5 Å². The quantitative estimate of drug-likeness (QED) is 0.425. The summed E-state index contributed by atoms with van der Waals surface area (Å²) in [4.78, 5) is 12.2. The second kappa shape index (κ2) is 10.9. The summed E-state index contributed by atoms with van der Waals surface area (Å²) in [5.41, 5.74) is 3.16. The molecule has 32 heavy (non-hydrogen) atoms. The molecule has 3 aromatic rings. The summed E-state index contributed by atoms with van der Waals surface area (Å²) < 4.78 is 10.7. The summed E-state index contributed by atoms with van der Waals surface area (Å²) in [5.74, 6) is 2.40. The lowest BCUT2D eigenvalue weighted by Gasteiger charge is -2.08. The van der Waals surface area contributed by atoms with Crippen LogP contribution in [0.3, 0.4) is 0 Å². The zero-order valence-electron chi connectivity index (χ0n) is 18.0. The minimum atomic E-state index is -0.0666. The molecule has 0 saturated heterocycles. The molecule has 0 fully saturated rings. The molecule has 0 saturated carbocycles. The molecule has 0 atom stereocenters. The number of nitrogens with zero attached hydrogens (tertiary/aromatic N) is 2. The fourth-order valence-electron chi connectivity index (χ4n) is 3.21. The van der Waals surface area contributed by atoms with Gasteiger partial charge in [0.25, 0.3) is 0 Å². The Morgan fingerprint density at radius 3 is 2.59 bits per heavy atom. The predicted octanol–water partition coefficient (Wildman–Crippen LogP) is 4.89. The maximum absolute atomic E-state index is 12.2. The summed E-state index contributed by atoms with van der Waals surface area (Å²) in [6.07, 6.45) is 3.42. The van der Waals surface area contributed by atoms with Crippen molar-refractivity contribution >= 4 is 29.2 Å². The van der Waals surface area contributed by atoms with Gasteiger partial charge < -0.3 is 20.1 Å². The van der Waals surface area contributed by atoms with Gasteiger partial charge in [-0.15, -0.1) is 10.2 Å². The minimum absolute atomic E-state index is 0.0666. The number of rotatable bonds is 10. The molecular formula is C24H26N4O3S. The number of anilines is 2. The molecular weight excluding hydrogens is 424 g/mol. The number of unbranched alkanes of at least 4 members (excludes halogenated alkanes) is 1. The molecule has 1 aromatic heterocycles. The monoisotopic (exact) mass is 450 g/mol. The van der Waals surface area contributed by atoms with Gasteiger partial charge in [-0.1, -0.05) is 43.3 Å². The van der Waals surface area contributed by atoms with Crippen LogP contribution in [0.25, 0.3) is 0 Å². The van der Waals surface area contributed by atoms with Crippen LogP contribution in [0.1, 0.15) is 30.9 Å². The van der Waals surface area contributed by atoms with Crippen molar-refractivity contribution in [2.75, 3.05) is 23.2 Å². The first-order valence-electron chi connectivity index (χ1n) is 10.7. The second-order valence-electron chi connectivity index (χ2n) is 7.44. The van der Waals surface area contributed by atoms with Crippen LogP contribution in [0.5, 0.6) is 11.5 Å². The minimum Gasteiger partial charge on any atom is -0.454 e. The third-order valence-electron chi connectivity index (χ3n) is 4.96. The van der Waals surface area contributed by atoms with Crippen LogP contribution in [0, 0.1) is 0 Å². The summed E-state index contributed by atoms with van der Waals surface area (Å²) in [7, 11) is 0. The number of hydrogen-bond donors (Lipinski definition) is 2. The molecule has 0 spiro atoms. The molecule has 0 unspecified atom stereocenters. The van der Waals surface area contributed by atoms with Crippen molar-refractivity contribution in [1.82, 2.24) is 10.2 Å². The first-order valence-corrected chi connectivity index (χ1v) is 11.7. The number of aromatic nitrogens is 2. The van der Waals surface area contributed by atoms with E-state index in [1.807, 2.05) is 42.5 Å². The van der Waals surface area contributed by atoms with Crippen LogP contribution in [0.2, 0.25) is 0 Å². The molecule has 0 aliphatic carbocycles. The maximum atomic E-state index is 12.2. The van der Waals surface area contributed by atoms with E-state index >= 15 is 0 Å². The number of fused-ring (bicyclic) bond motifs is 1. The number of thioether (sulfide) groups is 1. The van der Waals surface area contributed by atoms with E-state index in [-0.39, 0.29) is 18.5 Å². The highest BCUT2D eigenvalue weighted by atomic mass is 32.2. The predicted molar refractivity (Wildman–Crippen MR) is 126 cm³/mol. The number of hydrogen-bond acceptors (Lipinski definition) is 7. The standard InChI is InChI=1S/C24H26N4O3S/c1-2-3-4-17-5-8-19(9-6-17)26-23(29)15-32-24-12-11-22(27-28-24)25-14-18-7-10-20-21(13-18)31-16-30-20/h5-13H,2-4,14-16H2,1H3,(H,25,27)(H,26,29). The van der Waals surface area contributed by atoms with Crippen LogP contribution < -0.4 is 20.1 Å². The van der Waals surface area contributed by atoms with E-state index in [1.54, 1.807) is 0 Å². The van der Waals surface area contributed by atoms with Crippen LogP contribution in [-0.2, 0) is 17.8 Å². The van der Waals surface area contributed by atoms with Gasteiger partial charge in [-0.25, -0.2) is 0 Å². The zero-order chi connectivity index (χ0) is 22.2. The van der Waals surface area contributed by atoms with Gasteiger partial charge in [0, 0.05) is 12.2 Å². The van der Waals surface area contributed by atoms with Gasteiger partial charge in [-0.2, -0.15) is 0 Å². The van der Waals surface area contributed by atoms with E-state index in [0.717, 1.165) is 29.2 Å². The zero-order valence-corrected chi connectivity index (χ0v) is 18.8. The highest BCUT2D eigenvalue weighted by Crippen LogP contribution is 2.32. The van der Waals surface area contributed by atoms with Gasteiger partial charge in [-0.3, -0.25) is 4.79 Å². The van der Waals surface area contributed by atoms with Crippen LogP contribution in [0.15, 0.2) is 59.6 Å². The lowest BCUT2D eigenvalue weighted by Crippen LogP contribution is -2.14. The molecule has 1 amide bonds. The van der Waals surface area contributed by atoms with E-state index < -0.39 is 0 Å². The Kier molecular flexibility index (Phi) is 7.45. The van der Waals surface area contributed by atoms with Gasteiger partial charge in [0.05, 0.1) is 5.75 Å². The summed E-state index contributed by atoms with van der Waals surface area (Å²) in [5, 5.41) is 15.2. The Hall–Kier alpha value is -3.26. The average molecular weight is 451 g/mol. The van der Waals surface area contributed by atoms with E-state index in [1.165, 1.54) is 30.2 Å². The molecule has 2 N–H and O–H groups in total. The highest BCUT2D eigenvalue weighted by Gasteiger charge is 2.13. The lowest BCUT2D eigenvalue weighted by molar-refractivity contribution is -0.113. The number of ether oxygens (including phenoxy) is 2. The highest BCUT2D eigenvalue weighted by molar-refractivity contribution is 7.99. The average Bonchev–Trinajstić information content (AvgIpc) is 3.30. The van der Waals surface area contributed by atoms with Gasteiger partial charge in [0.15, 0.2) is 11.5 Å². The van der Waals surface area contributed by atoms with Gasteiger partial charge in [0.1, 0.15) is 10.8 Å². The third kappa shape index (κ3) is 6.13. The van der Waals surface area contributed by atoms with E-state index in [2.05, 4.69) is 39.9 Å². The number of carbonyl (C=O) groups is 1. The van der Waals surface area contributed by atoms with Crippen molar-refractivity contribution < 1.29 is 14.3 Å². The molecule has 4 rings (SSSR count). The summed E-state index contributed by atoms with van der Waals surface area (Å²) in [6.45, 7) is 3.04. The Balaban J connectivity index is 1.21. The maximum Gasteiger partial charge on any atom is 0.234 e. The number of aryl methyl sites for hydroxylation is 1. The Labute approximate surface area is 191 Å². The molecule has 1 aliphatic rings. The van der Waals surface area contributed by atoms with Crippen molar-refractivity contribution in [2.45, 2.75) is 37.8 Å². The SMILES string of the molecule is CCCCc1ccc(NC(=O)CSc2ccc(NCc3ccc4c(c3)OCO4)nn2)cc1. The van der Waals surface area contributed by atoms with Crippen molar-refractivity contribution in [3.63, 3.8) is 0 Å². The first kappa shape index (κ1) is 22.0. The van der Waals surface area contributed by atoms with Gasteiger partial charge in [0.2, 0.25) is 12.7 Å². The van der Waals surface area contributed by atoms with Crippen molar-refractivity contribution in [2.24, 2.45) is 0 Å². The molecule has 2 heterocycles. The molecule has 0 bridgehead atoms. The normalized spacial score (nSPS) is 11.9. The number of benzene rings is 2. The van der Waals surface area contributed by atoms with Gasteiger partial charge in [-0.05, 0) is 60.4 Å². The van der Waals surface area contributed by atoms with E-state index in [0.29, 0.717) is 17.4 Å². The fourth-order valence-corrected chi connectivity index (χ4v) is 3.82. The van der Waals surface area contributed by atoms with Gasteiger partial charge >= 0.3 is 0 Å². The summed E-state index contributed by atoms with van der Waals surface area (Å²) >= 11 is 1.35. The number of nitrogens with one attached hydrogen (secondary N) is 2. The van der Waals surface area contributed by atoms with Crippen molar-refractivity contribution in [1.29, 1.82) is 0 Å². The molecule has 7 nitrogen and oxygen atoms in total. The van der Waals surface area contributed by atoms with E-state index in [4.69, 9.17) is 9.47 Å². The first-order chi connectivity index (χ1) is 15.7. The summed E-state index contributed by atoms with van der Waals surface area (Å²) in [6, 6.07) is 17.6. The fraction of sp³-hybridized carbons (Fsp3) is 0.292. The number of amides is 1. The Bertz CT molecular complexity index is 1040. The molecule has 1 aliphatic heterocycles. The van der Waals surface area contributed by atoms with Crippen LogP contribution in [-0.4, -0.2) is 28.7 Å². The molecule has 0 radical (unpaired) electrons. The Morgan fingerprint density at radius 1 is 1.00 bits per heavy atom. The number of carbonyl (C=O) groups excluding carboxylic acids is 1. The molecule has 166 valence electrons.